The Hall–Kier alpha value is -0.463. The van der Waals surface area contributed by atoms with E-state index in [1.165, 1.54) is 38.5 Å². The number of carboxylic acids is 2. The summed E-state index contributed by atoms with van der Waals surface area (Å²) in [6.45, 7) is 6.05. The summed E-state index contributed by atoms with van der Waals surface area (Å²) in [5.74, 6) is -2.62. The predicted octanol–water partition coefficient (Wildman–Crippen LogP) is 0.121. The van der Waals surface area contributed by atoms with E-state index in [1.54, 1.807) is 0 Å². The summed E-state index contributed by atoms with van der Waals surface area (Å²) in [5.41, 5.74) is 0. The maximum Gasteiger partial charge on any atom is 1.00 e. The average Bonchev–Trinajstić information content (AvgIpc) is 2.16. The van der Waals surface area contributed by atoms with Gasteiger partial charge in [0.1, 0.15) is 6.42 Å². The second kappa shape index (κ2) is 17.9. The molecule has 0 unspecified atom stereocenters. The number of aliphatic carboxylic acids is 2. The van der Waals surface area contributed by atoms with Crippen LogP contribution in [-0.4, -0.2) is 22.2 Å². The van der Waals surface area contributed by atoms with Gasteiger partial charge in [0, 0.05) is 0 Å². The molecule has 0 aromatic carbocycles. The molecule has 0 aliphatic carbocycles. The van der Waals surface area contributed by atoms with Gasteiger partial charge in [-0.25, -0.2) is 0 Å². The van der Waals surface area contributed by atoms with Gasteiger partial charge in [-0.1, -0.05) is 45.4 Å². The predicted molar refractivity (Wildman–Crippen MR) is 63.2 cm³/mol. The van der Waals surface area contributed by atoms with Gasteiger partial charge in [0.15, 0.2) is 0 Å². The number of carboxylic acid groups (broad SMARTS) is 2. The van der Waals surface area contributed by atoms with Gasteiger partial charge < -0.3 is 17.1 Å². The number of carbonyl (C=O) groups is 2. The molecule has 17 heavy (non-hydrogen) atoms. The summed E-state index contributed by atoms with van der Waals surface area (Å²) in [7, 11) is 0. The molecule has 0 atom stereocenters. The van der Waals surface area contributed by atoms with E-state index in [0.29, 0.717) is 0 Å². The molecule has 0 bridgehead atoms. The third kappa shape index (κ3) is 31.3. The average molecular weight is 238 g/mol. The quantitative estimate of drug-likeness (QED) is 0.272. The SMILES string of the molecule is O=C(O)CC(=O)O.[CH2-]CCCCCCCC.[Li+]. The van der Waals surface area contributed by atoms with Gasteiger partial charge in [0.05, 0.1) is 0 Å². The first-order chi connectivity index (χ1) is 7.54. The van der Waals surface area contributed by atoms with E-state index in [9.17, 15) is 9.59 Å². The molecule has 96 valence electrons. The molecule has 0 saturated carbocycles. The third-order valence-electron chi connectivity index (χ3n) is 1.91. The van der Waals surface area contributed by atoms with Gasteiger partial charge in [-0.3, -0.25) is 9.59 Å². The second-order valence-corrected chi connectivity index (χ2v) is 3.59. The monoisotopic (exact) mass is 238 g/mol. The van der Waals surface area contributed by atoms with Crippen LogP contribution in [0.2, 0.25) is 0 Å². The first kappa shape index (κ1) is 21.8. The van der Waals surface area contributed by atoms with Crippen LogP contribution in [0.15, 0.2) is 0 Å². The van der Waals surface area contributed by atoms with Crippen molar-refractivity contribution in [2.75, 3.05) is 0 Å². The Balaban J connectivity index is -0.000000224. The number of rotatable bonds is 8. The van der Waals surface area contributed by atoms with Crippen molar-refractivity contribution in [1.82, 2.24) is 0 Å². The van der Waals surface area contributed by atoms with Crippen molar-refractivity contribution in [1.29, 1.82) is 0 Å². The minimum absolute atomic E-state index is 0. The summed E-state index contributed by atoms with van der Waals surface area (Å²) in [4.78, 5) is 18.9. The topological polar surface area (TPSA) is 74.6 Å². The van der Waals surface area contributed by atoms with Crippen LogP contribution in [0, 0.1) is 6.92 Å². The fourth-order valence-electron chi connectivity index (χ4n) is 1.09. The van der Waals surface area contributed by atoms with Crippen molar-refractivity contribution in [2.45, 2.75) is 58.3 Å². The zero-order chi connectivity index (χ0) is 12.8. The van der Waals surface area contributed by atoms with Gasteiger partial charge in [0.25, 0.3) is 0 Å². The first-order valence-corrected chi connectivity index (χ1v) is 5.77. The number of unbranched alkanes of at least 4 members (excludes halogenated alkanes) is 6. The molecule has 0 aromatic rings. The molecule has 0 heterocycles. The molecule has 0 fully saturated rings. The Kier molecular flexibility index (Phi) is 23.0. The van der Waals surface area contributed by atoms with Crippen LogP contribution in [0.1, 0.15) is 58.3 Å². The van der Waals surface area contributed by atoms with E-state index in [-0.39, 0.29) is 18.9 Å². The Morgan fingerprint density at radius 2 is 1.35 bits per heavy atom. The minimum atomic E-state index is -1.31. The molecule has 0 rings (SSSR count). The largest absolute Gasteiger partial charge is 1.00 e. The van der Waals surface area contributed by atoms with Gasteiger partial charge in [-0.05, 0) is 0 Å². The van der Waals surface area contributed by atoms with Crippen molar-refractivity contribution in [3.8, 4) is 0 Å². The van der Waals surface area contributed by atoms with Crippen LogP contribution in [0.5, 0.6) is 0 Å². The smallest absolute Gasteiger partial charge is 0.481 e. The molecule has 0 spiro atoms. The van der Waals surface area contributed by atoms with Crippen LogP contribution in [-0.2, 0) is 9.59 Å². The summed E-state index contributed by atoms with van der Waals surface area (Å²) >= 11 is 0. The molecule has 0 aliphatic rings. The van der Waals surface area contributed by atoms with Gasteiger partial charge in [0.2, 0.25) is 0 Å². The molecule has 2 N–H and O–H groups in total. The van der Waals surface area contributed by atoms with Crippen molar-refractivity contribution >= 4 is 11.9 Å². The van der Waals surface area contributed by atoms with Crippen molar-refractivity contribution in [3.63, 3.8) is 0 Å². The van der Waals surface area contributed by atoms with Gasteiger partial charge in [-0.15, -0.1) is 0 Å². The van der Waals surface area contributed by atoms with E-state index in [0.717, 1.165) is 6.42 Å². The van der Waals surface area contributed by atoms with E-state index < -0.39 is 18.4 Å². The van der Waals surface area contributed by atoms with Crippen LogP contribution in [0.3, 0.4) is 0 Å². The third-order valence-corrected chi connectivity index (χ3v) is 1.91. The molecular weight excluding hydrogens is 215 g/mol. The molecule has 5 heteroatoms. The van der Waals surface area contributed by atoms with E-state index >= 15 is 0 Å². The van der Waals surface area contributed by atoms with Crippen LogP contribution in [0.25, 0.3) is 0 Å². The van der Waals surface area contributed by atoms with Gasteiger partial charge >= 0.3 is 30.8 Å². The number of hydrogen-bond donors (Lipinski definition) is 2. The van der Waals surface area contributed by atoms with Crippen molar-refractivity contribution in [3.05, 3.63) is 6.92 Å². The minimum Gasteiger partial charge on any atom is -0.481 e. The first-order valence-electron chi connectivity index (χ1n) is 5.77. The normalized spacial score (nSPS) is 8.59. The zero-order valence-electron chi connectivity index (χ0n) is 11.1. The number of hydrogen-bond acceptors (Lipinski definition) is 2. The maximum absolute atomic E-state index is 9.43. The molecule has 4 nitrogen and oxygen atoms in total. The van der Waals surface area contributed by atoms with Crippen molar-refractivity contribution in [2.24, 2.45) is 0 Å². The Morgan fingerprint density at radius 3 is 1.65 bits per heavy atom. The molecule has 0 aliphatic heterocycles. The maximum atomic E-state index is 9.43. The summed E-state index contributed by atoms with van der Waals surface area (Å²) in [6, 6.07) is 0. The van der Waals surface area contributed by atoms with E-state index in [1.807, 2.05) is 0 Å². The molecule has 0 amide bonds. The molecule has 0 radical (unpaired) electrons. The summed E-state index contributed by atoms with van der Waals surface area (Å²) in [5, 5.41) is 15.4. The van der Waals surface area contributed by atoms with E-state index in [4.69, 9.17) is 10.2 Å². The fraction of sp³-hybridized carbons (Fsp3) is 0.750. The fourth-order valence-corrected chi connectivity index (χ4v) is 1.09. The van der Waals surface area contributed by atoms with Crippen molar-refractivity contribution < 1.29 is 38.7 Å². The van der Waals surface area contributed by atoms with Gasteiger partial charge in [-0.2, -0.15) is 6.42 Å². The summed E-state index contributed by atoms with van der Waals surface area (Å²) in [6.07, 6.45) is 8.64. The standard InChI is InChI=1S/C9H19.C3H4O4.Li/c1-3-5-7-9-8-6-4-2;4-2(5)1-3(6)7;/h1,3-9H2,2H3;1H2,(H,4,5)(H,6,7);/q-1;;+1. The molecular formula is C12H23LiO4. The Bertz CT molecular complexity index is 165. The zero-order valence-corrected chi connectivity index (χ0v) is 11.1. The van der Waals surface area contributed by atoms with Crippen LogP contribution < -0.4 is 18.9 Å². The second-order valence-electron chi connectivity index (χ2n) is 3.59. The Morgan fingerprint density at radius 1 is 0.941 bits per heavy atom. The van der Waals surface area contributed by atoms with Crippen LogP contribution in [0.4, 0.5) is 0 Å². The van der Waals surface area contributed by atoms with E-state index in [2.05, 4.69) is 13.8 Å². The summed E-state index contributed by atoms with van der Waals surface area (Å²) < 4.78 is 0. The molecule has 0 aromatic heterocycles. The molecule has 0 saturated heterocycles. The Labute approximate surface area is 116 Å². The van der Waals surface area contributed by atoms with Crippen LogP contribution >= 0.6 is 0 Å².